The molecule has 5 heteroatoms. The summed E-state index contributed by atoms with van der Waals surface area (Å²) < 4.78 is 13.4. The van der Waals surface area contributed by atoms with Gasteiger partial charge in [0, 0.05) is 17.4 Å². The molecule has 104 valence electrons. The van der Waals surface area contributed by atoms with Crippen LogP contribution in [0.1, 0.15) is 21.5 Å². The zero-order valence-electron chi connectivity index (χ0n) is 10.5. The predicted octanol–water partition coefficient (Wildman–Crippen LogP) is 4.41. The van der Waals surface area contributed by atoms with Crippen LogP contribution >= 0.6 is 31.9 Å². The molecular weight excluding hydrogens is 389 g/mol. The highest BCUT2D eigenvalue weighted by Gasteiger charge is 2.08. The van der Waals surface area contributed by atoms with E-state index in [1.54, 1.807) is 0 Å². The Morgan fingerprint density at radius 1 is 1.15 bits per heavy atom. The smallest absolute Gasteiger partial charge is 0.251 e. The van der Waals surface area contributed by atoms with Gasteiger partial charge in [-0.3, -0.25) is 4.79 Å². The van der Waals surface area contributed by atoms with E-state index in [2.05, 4.69) is 37.2 Å². The van der Waals surface area contributed by atoms with Gasteiger partial charge in [-0.1, -0.05) is 40.2 Å². The maximum absolute atomic E-state index is 13.1. The highest BCUT2D eigenvalue weighted by atomic mass is 79.9. The van der Waals surface area contributed by atoms with E-state index in [0.717, 1.165) is 16.5 Å². The van der Waals surface area contributed by atoms with Gasteiger partial charge in [0.2, 0.25) is 0 Å². The van der Waals surface area contributed by atoms with Gasteiger partial charge in [0.15, 0.2) is 0 Å². The van der Waals surface area contributed by atoms with Gasteiger partial charge in [-0.05, 0) is 45.3 Å². The minimum Gasteiger partial charge on any atom is -0.348 e. The van der Waals surface area contributed by atoms with Gasteiger partial charge in [-0.15, -0.1) is 0 Å². The van der Waals surface area contributed by atoms with E-state index in [4.69, 9.17) is 0 Å². The summed E-state index contributed by atoms with van der Waals surface area (Å²) in [5, 5.41) is 3.59. The molecule has 0 saturated carbocycles. The molecule has 0 radical (unpaired) electrons. The molecule has 2 rings (SSSR count). The second kappa shape index (κ2) is 6.99. The molecule has 2 aromatic carbocycles. The van der Waals surface area contributed by atoms with Crippen molar-refractivity contribution >= 4 is 37.8 Å². The third kappa shape index (κ3) is 3.90. The van der Waals surface area contributed by atoms with Crippen molar-refractivity contribution in [2.45, 2.75) is 11.9 Å². The van der Waals surface area contributed by atoms with Crippen LogP contribution in [0, 0.1) is 5.82 Å². The molecule has 0 atom stereocenters. The number of carbonyl (C=O) groups is 1. The van der Waals surface area contributed by atoms with E-state index in [-0.39, 0.29) is 16.2 Å². The fourth-order valence-corrected chi connectivity index (χ4v) is 2.47. The number of hydrogen-bond donors (Lipinski definition) is 1. The van der Waals surface area contributed by atoms with Crippen molar-refractivity contribution in [3.8, 4) is 0 Å². The second-order valence-electron chi connectivity index (χ2n) is 4.27. The van der Waals surface area contributed by atoms with Crippen LogP contribution < -0.4 is 5.32 Å². The maximum atomic E-state index is 13.1. The maximum Gasteiger partial charge on any atom is 0.251 e. The first-order valence-corrected chi connectivity index (χ1v) is 7.88. The van der Waals surface area contributed by atoms with Gasteiger partial charge < -0.3 is 5.32 Å². The Kier molecular flexibility index (Phi) is 5.31. The van der Waals surface area contributed by atoms with E-state index in [9.17, 15) is 9.18 Å². The standard InChI is InChI=1S/C15H12Br2FNO/c16-8-10-2-1-3-11(6-10)9-19-15(20)12-4-5-14(18)13(17)7-12/h1-7H,8-9H2,(H,19,20). The number of nitrogens with one attached hydrogen (secondary N) is 1. The minimum atomic E-state index is -0.383. The van der Waals surface area contributed by atoms with Crippen molar-refractivity contribution in [1.82, 2.24) is 5.32 Å². The zero-order valence-corrected chi connectivity index (χ0v) is 13.7. The monoisotopic (exact) mass is 399 g/mol. The van der Waals surface area contributed by atoms with Crippen LogP contribution in [-0.4, -0.2) is 5.91 Å². The van der Waals surface area contributed by atoms with E-state index >= 15 is 0 Å². The van der Waals surface area contributed by atoms with Crippen LogP contribution in [0.5, 0.6) is 0 Å². The summed E-state index contributed by atoms with van der Waals surface area (Å²) in [6, 6.07) is 12.1. The first kappa shape index (κ1) is 15.2. The van der Waals surface area contributed by atoms with Crippen LogP contribution in [0.4, 0.5) is 4.39 Å². The molecule has 2 aromatic rings. The Morgan fingerprint density at radius 2 is 1.90 bits per heavy atom. The first-order valence-electron chi connectivity index (χ1n) is 5.97. The Labute approximate surface area is 133 Å². The zero-order chi connectivity index (χ0) is 14.5. The fourth-order valence-electron chi connectivity index (χ4n) is 1.74. The number of hydrogen-bond acceptors (Lipinski definition) is 1. The number of amides is 1. The Bertz CT molecular complexity index is 631. The fraction of sp³-hybridized carbons (Fsp3) is 0.133. The Morgan fingerprint density at radius 3 is 2.60 bits per heavy atom. The molecule has 0 spiro atoms. The molecule has 0 aromatic heterocycles. The number of carbonyl (C=O) groups excluding carboxylic acids is 1. The summed E-state index contributed by atoms with van der Waals surface area (Å²) in [4.78, 5) is 12.0. The predicted molar refractivity (Wildman–Crippen MR) is 84.3 cm³/mol. The van der Waals surface area contributed by atoms with Crippen LogP contribution in [0.2, 0.25) is 0 Å². The summed E-state index contributed by atoms with van der Waals surface area (Å²) >= 11 is 6.46. The molecule has 0 aliphatic heterocycles. The molecular formula is C15H12Br2FNO. The molecule has 0 unspecified atom stereocenters. The molecule has 1 N–H and O–H groups in total. The van der Waals surface area contributed by atoms with Gasteiger partial charge in [-0.2, -0.15) is 0 Å². The Hall–Kier alpha value is -1.20. The van der Waals surface area contributed by atoms with E-state index in [1.165, 1.54) is 18.2 Å². The van der Waals surface area contributed by atoms with Gasteiger partial charge in [0.1, 0.15) is 5.82 Å². The molecule has 0 heterocycles. The summed E-state index contributed by atoms with van der Waals surface area (Å²) in [6.45, 7) is 0.439. The Balaban J connectivity index is 2.02. The molecule has 0 bridgehead atoms. The van der Waals surface area contributed by atoms with E-state index < -0.39 is 0 Å². The molecule has 1 amide bonds. The summed E-state index contributed by atoms with van der Waals surface area (Å²) in [7, 11) is 0. The van der Waals surface area contributed by atoms with Crippen molar-refractivity contribution in [3.63, 3.8) is 0 Å². The highest BCUT2D eigenvalue weighted by Crippen LogP contribution is 2.17. The quantitative estimate of drug-likeness (QED) is 0.756. The van der Waals surface area contributed by atoms with Crippen LogP contribution in [0.25, 0.3) is 0 Å². The van der Waals surface area contributed by atoms with Crippen molar-refractivity contribution in [3.05, 3.63) is 69.4 Å². The van der Waals surface area contributed by atoms with Crippen molar-refractivity contribution < 1.29 is 9.18 Å². The van der Waals surface area contributed by atoms with Gasteiger partial charge in [0.05, 0.1) is 4.47 Å². The van der Waals surface area contributed by atoms with Gasteiger partial charge >= 0.3 is 0 Å². The van der Waals surface area contributed by atoms with Crippen LogP contribution in [0.15, 0.2) is 46.9 Å². The number of halogens is 3. The van der Waals surface area contributed by atoms with Crippen LogP contribution in [0.3, 0.4) is 0 Å². The minimum absolute atomic E-state index is 0.227. The van der Waals surface area contributed by atoms with E-state index in [0.29, 0.717) is 12.1 Å². The van der Waals surface area contributed by atoms with Crippen molar-refractivity contribution in [2.24, 2.45) is 0 Å². The number of rotatable bonds is 4. The van der Waals surface area contributed by atoms with Gasteiger partial charge in [0.25, 0.3) is 5.91 Å². The topological polar surface area (TPSA) is 29.1 Å². The third-order valence-electron chi connectivity index (χ3n) is 2.78. The summed E-state index contributed by atoms with van der Waals surface area (Å²) in [6.07, 6.45) is 0. The largest absolute Gasteiger partial charge is 0.348 e. The lowest BCUT2D eigenvalue weighted by Gasteiger charge is -2.07. The lowest BCUT2D eigenvalue weighted by Crippen LogP contribution is -2.22. The average Bonchev–Trinajstić information content (AvgIpc) is 2.47. The third-order valence-corrected chi connectivity index (χ3v) is 4.04. The molecule has 0 aliphatic carbocycles. The second-order valence-corrected chi connectivity index (χ2v) is 5.68. The SMILES string of the molecule is O=C(NCc1cccc(CBr)c1)c1ccc(F)c(Br)c1. The molecule has 0 aliphatic rings. The summed E-state index contributed by atoms with van der Waals surface area (Å²) in [5.74, 6) is -0.610. The van der Waals surface area contributed by atoms with Gasteiger partial charge in [-0.25, -0.2) is 4.39 Å². The van der Waals surface area contributed by atoms with E-state index in [1.807, 2.05) is 24.3 Å². The average molecular weight is 401 g/mol. The lowest BCUT2D eigenvalue weighted by atomic mass is 10.1. The normalized spacial score (nSPS) is 10.3. The lowest BCUT2D eigenvalue weighted by molar-refractivity contribution is 0.0951. The molecule has 0 saturated heterocycles. The van der Waals surface area contributed by atoms with Crippen LogP contribution in [-0.2, 0) is 11.9 Å². The highest BCUT2D eigenvalue weighted by molar-refractivity contribution is 9.10. The number of benzene rings is 2. The molecule has 2 nitrogen and oxygen atoms in total. The number of alkyl halides is 1. The van der Waals surface area contributed by atoms with Crippen molar-refractivity contribution in [2.75, 3.05) is 0 Å². The van der Waals surface area contributed by atoms with Crippen molar-refractivity contribution in [1.29, 1.82) is 0 Å². The molecule has 20 heavy (non-hydrogen) atoms. The molecule has 0 fully saturated rings. The first-order chi connectivity index (χ1) is 9.60. The summed E-state index contributed by atoms with van der Waals surface area (Å²) in [5.41, 5.74) is 2.60.